The summed E-state index contributed by atoms with van der Waals surface area (Å²) in [5.74, 6) is 1.36. The first-order valence-electron chi connectivity index (χ1n) is 6.33. The first-order chi connectivity index (χ1) is 8.20. The topological polar surface area (TPSA) is 62.7 Å². The molecule has 5 heteroatoms. The molecule has 0 aromatic carbocycles. The van der Waals surface area contributed by atoms with E-state index in [2.05, 4.69) is 22.5 Å². The first-order valence-corrected chi connectivity index (χ1v) is 6.33. The summed E-state index contributed by atoms with van der Waals surface area (Å²) in [6.45, 7) is 3.34. The second-order valence-corrected chi connectivity index (χ2v) is 4.90. The van der Waals surface area contributed by atoms with E-state index in [-0.39, 0.29) is 11.4 Å². The van der Waals surface area contributed by atoms with Crippen LogP contribution in [0.1, 0.15) is 32.6 Å². The molecule has 0 bridgehead atoms. The smallest absolute Gasteiger partial charge is 0.252 e. The van der Waals surface area contributed by atoms with Crippen LogP contribution >= 0.6 is 0 Å². The van der Waals surface area contributed by atoms with E-state index < -0.39 is 0 Å². The summed E-state index contributed by atoms with van der Waals surface area (Å²) in [7, 11) is 1.64. The summed E-state index contributed by atoms with van der Waals surface area (Å²) in [5.41, 5.74) is -0.382. The van der Waals surface area contributed by atoms with Gasteiger partial charge in [0.2, 0.25) is 0 Å². The number of carbonyl (C=O) groups is 1. The molecule has 2 unspecified atom stereocenters. The van der Waals surface area contributed by atoms with E-state index in [1.165, 1.54) is 0 Å². The molecule has 2 rings (SSSR count). The van der Waals surface area contributed by atoms with Crippen molar-refractivity contribution in [1.82, 2.24) is 10.6 Å². The van der Waals surface area contributed by atoms with Gasteiger partial charge in [0, 0.05) is 7.11 Å². The molecule has 2 atom stereocenters. The Morgan fingerprint density at radius 2 is 2.41 bits per heavy atom. The SMILES string of the molecule is CCC1CCC2(C1)NC(=NCCOC)NC2=O. The standard InChI is InChI=1S/C12H21N3O2/c1-3-9-4-5-12(8-9)10(16)14-11(15-12)13-6-7-17-2/h9H,3-8H2,1-2H3,(H2,13,14,15,16). The molecular formula is C12H21N3O2. The minimum atomic E-state index is -0.382. The van der Waals surface area contributed by atoms with E-state index in [1.54, 1.807) is 7.11 Å². The van der Waals surface area contributed by atoms with Crippen LogP contribution in [0.2, 0.25) is 0 Å². The highest BCUT2D eigenvalue weighted by Crippen LogP contribution is 2.37. The molecule has 1 heterocycles. The van der Waals surface area contributed by atoms with Crippen molar-refractivity contribution in [1.29, 1.82) is 0 Å². The van der Waals surface area contributed by atoms with Gasteiger partial charge in [0.25, 0.3) is 5.91 Å². The summed E-state index contributed by atoms with van der Waals surface area (Å²) in [4.78, 5) is 16.3. The number of methoxy groups -OCH3 is 1. The molecule has 1 spiro atoms. The number of hydrogen-bond donors (Lipinski definition) is 2. The maximum Gasteiger partial charge on any atom is 0.252 e. The minimum Gasteiger partial charge on any atom is -0.383 e. The highest BCUT2D eigenvalue weighted by atomic mass is 16.5. The van der Waals surface area contributed by atoms with Gasteiger partial charge < -0.3 is 10.1 Å². The van der Waals surface area contributed by atoms with Gasteiger partial charge in [0.15, 0.2) is 5.96 Å². The van der Waals surface area contributed by atoms with Crippen molar-refractivity contribution >= 4 is 11.9 Å². The average Bonchev–Trinajstić information content (AvgIpc) is 2.86. The fourth-order valence-corrected chi connectivity index (χ4v) is 2.69. The second-order valence-electron chi connectivity index (χ2n) is 4.90. The summed E-state index contributed by atoms with van der Waals surface area (Å²) < 4.78 is 4.93. The number of ether oxygens (including phenoxy) is 1. The Labute approximate surface area is 102 Å². The maximum absolute atomic E-state index is 12.0. The van der Waals surface area contributed by atoms with Crippen LogP contribution in [0.15, 0.2) is 4.99 Å². The molecule has 1 aliphatic carbocycles. The van der Waals surface area contributed by atoms with Crippen molar-refractivity contribution in [2.75, 3.05) is 20.3 Å². The molecule has 2 fully saturated rings. The van der Waals surface area contributed by atoms with Gasteiger partial charge >= 0.3 is 0 Å². The Morgan fingerprint density at radius 3 is 3.06 bits per heavy atom. The van der Waals surface area contributed by atoms with Crippen molar-refractivity contribution < 1.29 is 9.53 Å². The van der Waals surface area contributed by atoms with Crippen LogP contribution in [0.4, 0.5) is 0 Å². The van der Waals surface area contributed by atoms with Crippen LogP contribution in [0.25, 0.3) is 0 Å². The number of aliphatic imine (C=N–C) groups is 1. The summed E-state index contributed by atoms with van der Waals surface area (Å²) in [5, 5.41) is 6.11. The molecule has 0 radical (unpaired) electrons. The van der Waals surface area contributed by atoms with E-state index in [0.29, 0.717) is 25.0 Å². The van der Waals surface area contributed by atoms with Gasteiger partial charge in [0.1, 0.15) is 5.54 Å². The number of nitrogens with one attached hydrogen (secondary N) is 2. The van der Waals surface area contributed by atoms with E-state index >= 15 is 0 Å². The van der Waals surface area contributed by atoms with Crippen LogP contribution in [-0.4, -0.2) is 37.7 Å². The van der Waals surface area contributed by atoms with Crippen LogP contribution in [0.3, 0.4) is 0 Å². The Morgan fingerprint density at radius 1 is 1.59 bits per heavy atom. The molecule has 0 aromatic heterocycles. The lowest BCUT2D eigenvalue weighted by Gasteiger charge is -2.20. The predicted molar refractivity (Wildman–Crippen MR) is 65.8 cm³/mol. The van der Waals surface area contributed by atoms with Crippen molar-refractivity contribution in [3.63, 3.8) is 0 Å². The Balaban J connectivity index is 1.98. The molecule has 2 N–H and O–H groups in total. The highest BCUT2D eigenvalue weighted by Gasteiger charge is 2.49. The molecule has 0 aromatic rings. The number of hydrogen-bond acceptors (Lipinski definition) is 3. The van der Waals surface area contributed by atoms with E-state index in [0.717, 1.165) is 25.7 Å². The predicted octanol–water partition coefficient (Wildman–Crippen LogP) is 0.657. The third-order valence-corrected chi connectivity index (χ3v) is 3.78. The zero-order valence-corrected chi connectivity index (χ0v) is 10.6. The number of rotatable bonds is 4. The number of nitrogens with zero attached hydrogens (tertiary/aromatic N) is 1. The van der Waals surface area contributed by atoms with Crippen LogP contribution in [0.5, 0.6) is 0 Å². The second kappa shape index (κ2) is 5.04. The molecule has 5 nitrogen and oxygen atoms in total. The summed E-state index contributed by atoms with van der Waals surface area (Å²) >= 11 is 0. The first kappa shape index (κ1) is 12.4. The average molecular weight is 239 g/mol. The molecule has 2 aliphatic rings. The molecule has 1 saturated carbocycles. The van der Waals surface area contributed by atoms with Gasteiger partial charge in [-0.05, 0) is 25.2 Å². The van der Waals surface area contributed by atoms with Gasteiger partial charge in [-0.15, -0.1) is 0 Å². The van der Waals surface area contributed by atoms with E-state index in [1.807, 2.05) is 0 Å². The third-order valence-electron chi connectivity index (χ3n) is 3.78. The Kier molecular flexibility index (Phi) is 3.66. The number of carbonyl (C=O) groups excluding carboxylic acids is 1. The fraction of sp³-hybridized carbons (Fsp3) is 0.833. The number of guanidine groups is 1. The summed E-state index contributed by atoms with van der Waals surface area (Å²) in [6.07, 6.45) is 4.12. The Bertz CT molecular complexity index is 330. The van der Waals surface area contributed by atoms with Crippen LogP contribution < -0.4 is 10.6 Å². The van der Waals surface area contributed by atoms with Gasteiger partial charge in [-0.25, -0.2) is 0 Å². The largest absolute Gasteiger partial charge is 0.383 e. The minimum absolute atomic E-state index is 0.0876. The van der Waals surface area contributed by atoms with Crippen molar-refractivity contribution in [3.05, 3.63) is 0 Å². The number of amides is 1. The van der Waals surface area contributed by atoms with Crippen molar-refractivity contribution in [3.8, 4) is 0 Å². The van der Waals surface area contributed by atoms with Crippen LogP contribution in [0, 0.1) is 5.92 Å². The third kappa shape index (κ3) is 2.44. The quantitative estimate of drug-likeness (QED) is 0.708. The fourth-order valence-electron chi connectivity index (χ4n) is 2.69. The summed E-state index contributed by atoms with van der Waals surface area (Å²) in [6, 6.07) is 0. The zero-order chi connectivity index (χ0) is 12.3. The molecule has 1 aliphatic heterocycles. The lowest BCUT2D eigenvalue weighted by Crippen LogP contribution is -2.44. The zero-order valence-electron chi connectivity index (χ0n) is 10.6. The highest BCUT2D eigenvalue weighted by molar-refractivity contribution is 6.09. The maximum atomic E-state index is 12.0. The van der Waals surface area contributed by atoms with Gasteiger partial charge in [-0.3, -0.25) is 15.1 Å². The normalized spacial score (nSPS) is 34.4. The van der Waals surface area contributed by atoms with Crippen LogP contribution in [-0.2, 0) is 9.53 Å². The lowest BCUT2D eigenvalue weighted by atomic mass is 9.95. The molecular weight excluding hydrogens is 218 g/mol. The van der Waals surface area contributed by atoms with Gasteiger partial charge in [-0.2, -0.15) is 0 Å². The van der Waals surface area contributed by atoms with Crippen molar-refractivity contribution in [2.24, 2.45) is 10.9 Å². The molecule has 1 saturated heterocycles. The monoisotopic (exact) mass is 239 g/mol. The Hall–Kier alpha value is -1.10. The van der Waals surface area contributed by atoms with Gasteiger partial charge in [0.05, 0.1) is 13.2 Å². The lowest BCUT2D eigenvalue weighted by molar-refractivity contribution is -0.123. The van der Waals surface area contributed by atoms with Gasteiger partial charge in [-0.1, -0.05) is 13.3 Å². The molecule has 1 amide bonds. The van der Waals surface area contributed by atoms with Crippen molar-refractivity contribution in [2.45, 2.75) is 38.1 Å². The van der Waals surface area contributed by atoms with E-state index in [9.17, 15) is 4.79 Å². The molecule has 96 valence electrons. The van der Waals surface area contributed by atoms with E-state index in [4.69, 9.17) is 4.74 Å². The molecule has 17 heavy (non-hydrogen) atoms.